The summed E-state index contributed by atoms with van der Waals surface area (Å²) in [6.45, 7) is 2.84. The van der Waals surface area contributed by atoms with Crippen LogP contribution in [-0.2, 0) is 16.4 Å². The molecular weight excluding hydrogens is 388 g/mol. The number of hydrogen-bond acceptors (Lipinski definition) is 5. The molecule has 0 aliphatic carbocycles. The van der Waals surface area contributed by atoms with Crippen molar-refractivity contribution in [2.75, 3.05) is 25.1 Å². The average Bonchev–Trinajstić information content (AvgIpc) is 3.39. The van der Waals surface area contributed by atoms with Gasteiger partial charge in [-0.25, -0.2) is 13.1 Å². The predicted molar refractivity (Wildman–Crippen MR) is 112 cm³/mol. The van der Waals surface area contributed by atoms with E-state index in [-0.39, 0.29) is 17.5 Å². The summed E-state index contributed by atoms with van der Waals surface area (Å²) in [6, 6.07) is 16.5. The van der Waals surface area contributed by atoms with Crippen LogP contribution in [0.25, 0.3) is 0 Å². The topological polar surface area (TPSA) is 71.8 Å². The van der Waals surface area contributed by atoms with Gasteiger partial charge in [0.15, 0.2) is 0 Å². The third-order valence-corrected chi connectivity index (χ3v) is 6.74. The Morgan fingerprint density at radius 1 is 1.17 bits per heavy atom. The van der Waals surface area contributed by atoms with Crippen LogP contribution in [0.4, 0.5) is 5.69 Å². The molecule has 0 spiro atoms. The van der Waals surface area contributed by atoms with Crippen LogP contribution < -0.4 is 14.4 Å². The molecule has 6 nitrogen and oxygen atoms in total. The molecule has 0 bridgehead atoms. The monoisotopic (exact) mass is 412 g/mol. The Labute approximate surface area is 171 Å². The van der Waals surface area contributed by atoms with Gasteiger partial charge in [-0.15, -0.1) is 0 Å². The minimum atomic E-state index is -3.67. The summed E-state index contributed by atoms with van der Waals surface area (Å²) in [4.78, 5) is 2.42. The van der Waals surface area contributed by atoms with Crippen molar-refractivity contribution in [1.29, 1.82) is 0 Å². The molecule has 2 aromatic carbocycles. The molecule has 0 amide bonds. The third-order valence-electron chi connectivity index (χ3n) is 5.31. The molecular formula is C22H24N2O4S. The fourth-order valence-electron chi connectivity index (χ4n) is 3.82. The molecule has 1 aliphatic rings. The van der Waals surface area contributed by atoms with Gasteiger partial charge in [0.25, 0.3) is 0 Å². The maximum atomic E-state index is 12.9. The first-order chi connectivity index (χ1) is 14.0. The normalized spacial score (nSPS) is 14.6. The Morgan fingerprint density at radius 3 is 2.72 bits per heavy atom. The Kier molecular flexibility index (Phi) is 5.34. The van der Waals surface area contributed by atoms with E-state index in [1.807, 2.05) is 31.2 Å². The number of ether oxygens (including phenoxy) is 1. The first-order valence-corrected chi connectivity index (χ1v) is 11.0. The largest absolute Gasteiger partial charge is 0.496 e. The number of nitrogens with one attached hydrogen (secondary N) is 1. The van der Waals surface area contributed by atoms with Crippen LogP contribution in [0.5, 0.6) is 5.75 Å². The second-order valence-electron chi connectivity index (χ2n) is 7.09. The molecule has 0 unspecified atom stereocenters. The fraction of sp³-hybridized carbons (Fsp3) is 0.273. The van der Waals surface area contributed by atoms with Crippen molar-refractivity contribution in [1.82, 2.24) is 4.72 Å². The third kappa shape index (κ3) is 3.88. The van der Waals surface area contributed by atoms with E-state index >= 15 is 0 Å². The van der Waals surface area contributed by atoms with Gasteiger partial charge in [0.05, 0.1) is 18.3 Å². The number of methoxy groups -OCH3 is 1. The minimum Gasteiger partial charge on any atom is -0.496 e. The van der Waals surface area contributed by atoms with Gasteiger partial charge in [-0.05, 0) is 60.9 Å². The first kappa shape index (κ1) is 19.5. The second-order valence-corrected chi connectivity index (χ2v) is 8.85. The predicted octanol–water partition coefficient (Wildman–Crippen LogP) is 3.68. The van der Waals surface area contributed by atoms with Gasteiger partial charge >= 0.3 is 0 Å². The molecule has 1 atom stereocenters. The first-order valence-electron chi connectivity index (χ1n) is 9.52. The highest BCUT2D eigenvalue weighted by molar-refractivity contribution is 7.89. The summed E-state index contributed by atoms with van der Waals surface area (Å²) < 4.78 is 39.5. The molecule has 1 aromatic heterocycles. The van der Waals surface area contributed by atoms with Gasteiger partial charge < -0.3 is 14.1 Å². The second kappa shape index (κ2) is 7.93. The van der Waals surface area contributed by atoms with Crippen molar-refractivity contribution in [3.8, 4) is 5.75 Å². The Balaban J connectivity index is 1.59. The maximum Gasteiger partial charge on any atom is 0.240 e. The Morgan fingerprint density at radius 2 is 2.00 bits per heavy atom. The molecule has 0 saturated heterocycles. The van der Waals surface area contributed by atoms with Crippen molar-refractivity contribution >= 4 is 15.7 Å². The van der Waals surface area contributed by atoms with Crippen LogP contribution in [0.2, 0.25) is 0 Å². The standard InChI is InChI=1S/C22H24N2O4S/c1-16-14-18(9-10-21(16)27-2)29(25,26)23-15-20(22-8-5-13-28-22)24-12-11-17-6-3-4-7-19(17)24/h3-10,13-14,20,23H,11-12,15H2,1-2H3/t20-/m0/s1. The van der Waals surface area contributed by atoms with Crippen LogP contribution >= 0.6 is 0 Å². The molecule has 0 radical (unpaired) electrons. The molecule has 29 heavy (non-hydrogen) atoms. The highest BCUT2D eigenvalue weighted by Gasteiger charge is 2.30. The smallest absolute Gasteiger partial charge is 0.240 e. The van der Waals surface area contributed by atoms with Gasteiger partial charge in [-0.1, -0.05) is 18.2 Å². The molecule has 3 aromatic rings. The van der Waals surface area contributed by atoms with Gasteiger partial charge in [0.1, 0.15) is 17.6 Å². The average molecular weight is 413 g/mol. The number of rotatable bonds is 7. The van der Waals surface area contributed by atoms with Crippen molar-refractivity contribution in [3.05, 3.63) is 77.7 Å². The molecule has 7 heteroatoms. The van der Waals surface area contributed by atoms with Gasteiger partial charge in [-0.3, -0.25) is 0 Å². The number of anilines is 1. The molecule has 2 heterocycles. The van der Waals surface area contributed by atoms with Crippen LogP contribution in [-0.4, -0.2) is 28.6 Å². The van der Waals surface area contributed by atoms with Gasteiger partial charge in [0.2, 0.25) is 10.0 Å². The molecule has 0 saturated carbocycles. The lowest BCUT2D eigenvalue weighted by Crippen LogP contribution is -2.37. The van der Waals surface area contributed by atoms with Gasteiger partial charge in [-0.2, -0.15) is 0 Å². The number of nitrogens with zero attached hydrogens (tertiary/aromatic N) is 1. The summed E-state index contributed by atoms with van der Waals surface area (Å²) in [5.41, 5.74) is 3.15. The van der Waals surface area contributed by atoms with Crippen LogP contribution in [0.3, 0.4) is 0 Å². The van der Waals surface area contributed by atoms with Crippen molar-refractivity contribution in [2.24, 2.45) is 0 Å². The summed E-state index contributed by atoms with van der Waals surface area (Å²) in [7, 11) is -2.11. The van der Waals surface area contributed by atoms with Crippen LogP contribution in [0.1, 0.15) is 22.9 Å². The molecule has 1 aliphatic heterocycles. The zero-order chi connectivity index (χ0) is 20.4. The number of aryl methyl sites for hydroxylation is 1. The van der Waals surface area contributed by atoms with E-state index in [4.69, 9.17) is 9.15 Å². The summed E-state index contributed by atoms with van der Waals surface area (Å²) in [5.74, 6) is 1.39. The molecule has 152 valence electrons. The van der Waals surface area contributed by atoms with Crippen molar-refractivity contribution in [2.45, 2.75) is 24.3 Å². The quantitative estimate of drug-likeness (QED) is 0.641. The van der Waals surface area contributed by atoms with E-state index in [0.29, 0.717) is 5.75 Å². The minimum absolute atomic E-state index is 0.204. The number of furan rings is 1. The number of sulfonamides is 1. The lowest BCUT2D eigenvalue weighted by Gasteiger charge is -2.29. The maximum absolute atomic E-state index is 12.9. The molecule has 1 N–H and O–H groups in total. The SMILES string of the molecule is COc1ccc(S(=O)(=O)NC[C@@H](c2ccco2)N2CCc3ccccc32)cc1C. The van der Waals surface area contributed by atoms with Crippen molar-refractivity contribution < 1.29 is 17.6 Å². The highest BCUT2D eigenvalue weighted by atomic mass is 32.2. The lowest BCUT2D eigenvalue weighted by atomic mass is 10.1. The van der Waals surface area contributed by atoms with Crippen LogP contribution in [0, 0.1) is 6.92 Å². The number of benzene rings is 2. The fourth-order valence-corrected chi connectivity index (χ4v) is 4.95. The van der Waals surface area contributed by atoms with E-state index in [9.17, 15) is 8.42 Å². The van der Waals surface area contributed by atoms with E-state index < -0.39 is 10.0 Å². The highest BCUT2D eigenvalue weighted by Crippen LogP contribution is 2.35. The summed E-state index contributed by atoms with van der Waals surface area (Å²) in [6.07, 6.45) is 2.55. The molecule has 4 rings (SSSR count). The zero-order valence-electron chi connectivity index (χ0n) is 16.5. The Hall–Kier alpha value is -2.77. The number of hydrogen-bond donors (Lipinski definition) is 1. The number of fused-ring (bicyclic) bond motifs is 1. The zero-order valence-corrected chi connectivity index (χ0v) is 17.3. The van der Waals surface area contributed by atoms with E-state index in [1.165, 1.54) is 5.56 Å². The van der Waals surface area contributed by atoms with E-state index in [0.717, 1.165) is 30.0 Å². The van der Waals surface area contributed by atoms with E-state index in [1.54, 1.807) is 31.6 Å². The number of para-hydroxylation sites is 1. The van der Waals surface area contributed by atoms with Crippen LogP contribution in [0.15, 0.2) is 70.2 Å². The lowest BCUT2D eigenvalue weighted by molar-refractivity contribution is 0.411. The molecule has 0 fully saturated rings. The van der Waals surface area contributed by atoms with Gasteiger partial charge in [0, 0.05) is 18.8 Å². The van der Waals surface area contributed by atoms with Crippen molar-refractivity contribution in [3.63, 3.8) is 0 Å². The van der Waals surface area contributed by atoms with E-state index in [2.05, 4.69) is 21.8 Å². The summed E-state index contributed by atoms with van der Waals surface area (Å²) in [5, 5.41) is 0. The Bertz CT molecular complexity index is 1090. The summed E-state index contributed by atoms with van der Waals surface area (Å²) >= 11 is 0.